The molecule has 1 aromatic heterocycles. The van der Waals surface area contributed by atoms with Gasteiger partial charge in [0.25, 0.3) is 10.0 Å². The number of benzene rings is 1. The number of anilines is 1. The van der Waals surface area contributed by atoms with Crippen molar-refractivity contribution in [2.45, 2.75) is 18.2 Å². The Labute approximate surface area is 173 Å². The Morgan fingerprint density at radius 2 is 1.73 bits per heavy atom. The molecule has 0 radical (unpaired) electrons. The minimum atomic E-state index is -4.39. The number of nitrogens with zero attached hydrogens (tertiary/aromatic N) is 2. The van der Waals surface area contributed by atoms with E-state index in [-0.39, 0.29) is 23.5 Å². The Kier molecular flexibility index (Phi) is 7.69. The number of ether oxygens (including phenoxy) is 3. The number of methoxy groups -OCH3 is 2. The molecule has 0 atom stereocenters. The summed E-state index contributed by atoms with van der Waals surface area (Å²) in [6, 6.07) is 5.62. The molecule has 0 spiro atoms. The second kappa shape index (κ2) is 10.2. The van der Waals surface area contributed by atoms with E-state index in [2.05, 4.69) is 15.3 Å². The topological polar surface area (TPSA) is 146 Å². The molecule has 11 nitrogen and oxygen atoms in total. The van der Waals surface area contributed by atoms with Crippen LogP contribution < -0.4 is 24.2 Å². The molecule has 2 aromatic rings. The zero-order valence-electron chi connectivity index (χ0n) is 16.4. The van der Waals surface area contributed by atoms with Crippen molar-refractivity contribution in [3.8, 4) is 17.5 Å². The number of hydrogen-bond acceptors (Lipinski definition) is 9. The van der Waals surface area contributed by atoms with Crippen molar-refractivity contribution >= 4 is 28.0 Å². The molecule has 0 saturated carbocycles. The van der Waals surface area contributed by atoms with Crippen molar-refractivity contribution < 1.29 is 32.2 Å². The number of aromatic nitrogens is 2. The average Bonchev–Trinajstić information content (AvgIpc) is 2.71. The minimum absolute atomic E-state index is 0.0948. The molecule has 2 amide bonds. The average molecular weight is 436 g/mol. The number of allylic oxidation sites excluding steroid dienone is 1. The SMILES string of the molecule is CCC=CC(=O)Oc1ccccc1S(=O)(=O)NC(=O)Nc1nc(OC)cc(OC)n1. The van der Waals surface area contributed by atoms with Gasteiger partial charge in [-0.05, 0) is 18.6 Å². The first-order valence-electron chi connectivity index (χ1n) is 8.57. The Bertz CT molecular complexity index is 1030. The van der Waals surface area contributed by atoms with Crippen LogP contribution in [0.5, 0.6) is 17.5 Å². The van der Waals surface area contributed by atoms with Crippen molar-refractivity contribution in [1.29, 1.82) is 0 Å². The van der Waals surface area contributed by atoms with Crippen LogP contribution in [0.1, 0.15) is 13.3 Å². The lowest BCUT2D eigenvalue weighted by Crippen LogP contribution is -2.35. The van der Waals surface area contributed by atoms with E-state index in [9.17, 15) is 18.0 Å². The van der Waals surface area contributed by atoms with Gasteiger partial charge in [0, 0.05) is 6.08 Å². The standard InChI is InChI=1S/C18H20N4O7S/c1-4-5-10-16(23)29-12-8-6-7-9-13(12)30(25,26)22-18(24)21-17-19-14(27-2)11-15(20-17)28-3/h5-11H,4H2,1-3H3,(H2,19,20,21,22,24). The summed E-state index contributed by atoms with van der Waals surface area (Å²) in [5.41, 5.74) is 0. The van der Waals surface area contributed by atoms with Gasteiger partial charge in [-0.25, -0.2) is 22.7 Å². The molecule has 0 aliphatic heterocycles. The first kappa shape index (κ1) is 22.6. The number of nitrogens with one attached hydrogen (secondary N) is 2. The Hall–Kier alpha value is -3.67. The molecule has 1 aromatic carbocycles. The number of urea groups is 1. The third kappa shape index (κ3) is 6.17. The number of para-hydroxylation sites is 1. The van der Waals surface area contributed by atoms with E-state index < -0.39 is 26.9 Å². The van der Waals surface area contributed by atoms with Gasteiger partial charge >= 0.3 is 12.0 Å². The van der Waals surface area contributed by atoms with Crippen LogP contribution in [0.25, 0.3) is 0 Å². The van der Waals surface area contributed by atoms with Crippen molar-refractivity contribution in [3.63, 3.8) is 0 Å². The van der Waals surface area contributed by atoms with Gasteiger partial charge in [-0.2, -0.15) is 9.97 Å². The zero-order chi connectivity index (χ0) is 22.1. The van der Waals surface area contributed by atoms with Gasteiger partial charge in [0.15, 0.2) is 5.75 Å². The number of sulfonamides is 1. The third-order valence-electron chi connectivity index (χ3n) is 3.39. The summed E-state index contributed by atoms with van der Waals surface area (Å²) in [5.74, 6) is -1.04. The Morgan fingerprint density at radius 1 is 1.10 bits per heavy atom. The van der Waals surface area contributed by atoms with Gasteiger partial charge < -0.3 is 14.2 Å². The molecular formula is C18H20N4O7S. The van der Waals surface area contributed by atoms with Crippen LogP contribution in [0.4, 0.5) is 10.7 Å². The number of carbonyl (C=O) groups excluding carboxylic acids is 2. The minimum Gasteiger partial charge on any atom is -0.481 e. The molecule has 0 aliphatic rings. The first-order valence-corrected chi connectivity index (χ1v) is 10.1. The molecular weight excluding hydrogens is 416 g/mol. The van der Waals surface area contributed by atoms with E-state index in [1.165, 1.54) is 50.6 Å². The Morgan fingerprint density at radius 3 is 2.33 bits per heavy atom. The lowest BCUT2D eigenvalue weighted by atomic mass is 10.3. The van der Waals surface area contributed by atoms with Gasteiger partial charge in [-0.3, -0.25) is 5.32 Å². The van der Waals surface area contributed by atoms with Crippen molar-refractivity contribution in [3.05, 3.63) is 42.5 Å². The lowest BCUT2D eigenvalue weighted by Gasteiger charge is -2.12. The largest absolute Gasteiger partial charge is 0.481 e. The summed E-state index contributed by atoms with van der Waals surface area (Å²) in [6.45, 7) is 1.83. The van der Waals surface area contributed by atoms with Gasteiger partial charge in [0.1, 0.15) is 4.90 Å². The van der Waals surface area contributed by atoms with Gasteiger partial charge in [0.2, 0.25) is 17.7 Å². The van der Waals surface area contributed by atoms with Crippen molar-refractivity contribution in [1.82, 2.24) is 14.7 Å². The highest BCUT2D eigenvalue weighted by molar-refractivity contribution is 7.90. The lowest BCUT2D eigenvalue weighted by molar-refractivity contribution is -0.129. The maximum atomic E-state index is 12.6. The maximum Gasteiger partial charge on any atom is 0.335 e. The molecule has 2 rings (SSSR count). The molecule has 0 unspecified atom stereocenters. The summed E-state index contributed by atoms with van der Waals surface area (Å²) < 4.78 is 42.0. The van der Waals surface area contributed by atoms with Crippen LogP contribution in [0.2, 0.25) is 0 Å². The number of hydrogen-bond donors (Lipinski definition) is 2. The summed E-state index contributed by atoms with van der Waals surface area (Å²) in [7, 11) is -1.69. The fraction of sp³-hybridized carbons (Fsp3) is 0.222. The highest BCUT2D eigenvalue weighted by atomic mass is 32.2. The summed E-state index contributed by atoms with van der Waals surface area (Å²) in [5, 5.41) is 2.18. The molecule has 2 N–H and O–H groups in total. The molecule has 30 heavy (non-hydrogen) atoms. The summed E-state index contributed by atoms with van der Waals surface area (Å²) >= 11 is 0. The van der Waals surface area contributed by atoms with Crippen molar-refractivity contribution in [2.24, 2.45) is 0 Å². The zero-order valence-corrected chi connectivity index (χ0v) is 17.2. The highest BCUT2D eigenvalue weighted by Gasteiger charge is 2.23. The van der Waals surface area contributed by atoms with Crippen LogP contribution >= 0.6 is 0 Å². The van der Waals surface area contributed by atoms with Crippen LogP contribution in [0.3, 0.4) is 0 Å². The van der Waals surface area contributed by atoms with E-state index in [1.807, 2.05) is 6.92 Å². The molecule has 0 saturated heterocycles. The smallest absolute Gasteiger partial charge is 0.335 e. The summed E-state index contributed by atoms with van der Waals surface area (Å²) in [4.78, 5) is 31.3. The van der Waals surface area contributed by atoms with Gasteiger partial charge in [0.05, 0.1) is 20.3 Å². The second-order valence-electron chi connectivity index (χ2n) is 5.51. The fourth-order valence-corrected chi connectivity index (χ4v) is 3.12. The van der Waals surface area contributed by atoms with Gasteiger partial charge in [-0.15, -0.1) is 0 Å². The second-order valence-corrected chi connectivity index (χ2v) is 7.17. The number of rotatable bonds is 8. The normalized spacial score (nSPS) is 11.0. The molecule has 0 bridgehead atoms. The van der Waals surface area contributed by atoms with Crippen LogP contribution in [0, 0.1) is 0 Å². The van der Waals surface area contributed by atoms with Crippen LogP contribution in [0.15, 0.2) is 47.4 Å². The predicted molar refractivity (Wildman–Crippen MR) is 106 cm³/mol. The van der Waals surface area contributed by atoms with Crippen molar-refractivity contribution in [2.75, 3.05) is 19.5 Å². The maximum absolute atomic E-state index is 12.6. The van der Waals surface area contributed by atoms with Crippen LogP contribution in [-0.4, -0.2) is 44.6 Å². The van der Waals surface area contributed by atoms with Crippen LogP contribution in [-0.2, 0) is 14.8 Å². The fourth-order valence-electron chi connectivity index (χ4n) is 2.09. The third-order valence-corrected chi connectivity index (χ3v) is 4.76. The number of esters is 1. The first-order chi connectivity index (χ1) is 14.3. The molecule has 1 heterocycles. The molecule has 12 heteroatoms. The molecule has 160 valence electrons. The monoisotopic (exact) mass is 436 g/mol. The summed E-state index contributed by atoms with van der Waals surface area (Å²) in [6.07, 6.45) is 3.35. The van der Waals surface area contributed by atoms with E-state index in [0.717, 1.165) is 0 Å². The Balaban J connectivity index is 2.20. The van der Waals surface area contributed by atoms with E-state index in [4.69, 9.17) is 14.2 Å². The highest BCUT2D eigenvalue weighted by Crippen LogP contribution is 2.23. The van der Waals surface area contributed by atoms with E-state index >= 15 is 0 Å². The van der Waals surface area contributed by atoms with Gasteiger partial charge in [-0.1, -0.05) is 25.1 Å². The predicted octanol–water partition coefficient (Wildman–Crippen LogP) is 1.88. The number of carbonyl (C=O) groups is 2. The van der Waals surface area contributed by atoms with E-state index in [0.29, 0.717) is 6.42 Å². The quantitative estimate of drug-likeness (QED) is 0.360. The number of amides is 2. The molecule has 0 aliphatic carbocycles. The van der Waals surface area contributed by atoms with E-state index in [1.54, 1.807) is 10.8 Å². The molecule has 0 fully saturated rings.